The molecule has 0 aliphatic heterocycles. The number of anilines is 1. The minimum absolute atomic E-state index is 0.214. The standard InChI is InChI=1S/C22H22Cl2N2O4/c1-14(15-8-4-3-5-9-15)25-19(28)16-10-6-7-11-17(16)26-18(27)12-30-20(29)21(2)13-22(21,23)24/h3-11,14H,12-13H2,1-2H3,(H,25,28)(H,26,27). The molecule has 2 atom stereocenters. The monoisotopic (exact) mass is 448 g/mol. The molecule has 1 aliphatic carbocycles. The van der Waals surface area contributed by atoms with Crippen LogP contribution < -0.4 is 10.6 Å². The van der Waals surface area contributed by atoms with Gasteiger partial charge in [0.25, 0.3) is 11.8 Å². The van der Waals surface area contributed by atoms with E-state index < -0.39 is 28.2 Å². The molecule has 8 heteroatoms. The highest BCUT2D eigenvalue weighted by molar-refractivity contribution is 6.53. The fourth-order valence-corrected chi connectivity index (χ4v) is 3.68. The fraction of sp³-hybridized carbons (Fsp3) is 0.318. The van der Waals surface area contributed by atoms with Crippen LogP contribution in [0.15, 0.2) is 54.6 Å². The molecular weight excluding hydrogens is 427 g/mol. The van der Waals surface area contributed by atoms with Crippen molar-refractivity contribution in [3.8, 4) is 0 Å². The van der Waals surface area contributed by atoms with Gasteiger partial charge in [-0.05, 0) is 31.5 Å². The van der Waals surface area contributed by atoms with Crippen LogP contribution in [0.2, 0.25) is 0 Å². The van der Waals surface area contributed by atoms with Crippen molar-refractivity contribution in [2.45, 2.75) is 30.6 Å². The highest BCUT2D eigenvalue weighted by Crippen LogP contribution is 2.64. The summed E-state index contributed by atoms with van der Waals surface area (Å²) in [6, 6.07) is 15.9. The first-order chi connectivity index (χ1) is 14.1. The van der Waals surface area contributed by atoms with Gasteiger partial charge in [0.2, 0.25) is 0 Å². The molecule has 3 rings (SSSR count). The van der Waals surface area contributed by atoms with Crippen LogP contribution in [-0.2, 0) is 14.3 Å². The van der Waals surface area contributed by atoms with Crippen LogP contribution >= 0.6 is 23.2 Å². The normalized spacial score (nSPS) is 20.0. The van der Waals surface area contributed by atoms with Gasteiger partial charge in [-0.3, -0.25) is 14.4 Å². The number of alkyl halides is 2. The van der Waals surface area contributed by atoms with Gasteiger partial charge in [0, 0.05) is 6.42 Å². The molecule has 0 aromatic heterocycles. The van der Waals surface area contributed by atoms with Crippen LogP contribution in [-0.4, -0.2) is 28.7 Å². The average molecular weight is 449 g/mol. The van der Waals surface area contributed by atoms with E-state index in [2.05, 4.69) is 10.6 Å². The number of halogens is 2. The number of benzene rings is 2. The first-order valence-corrected chi connectivity index (χ1v) is 10.2. The first-order valence-electron chi connectivity index (χ1n) is 9.44. The van der Waals surface area contributed by atoms with E-state index >= 15 is 0 Å². The highest BCUT2D eigenvalue weighted by atomic mass is 35.5. The van der Waals surface area contributed by atoms with E-state index in [0.29, 0.717) is 11.3 Å². The van der Waals surface area contributed by atoms with Crippen LogP contribution in [0, 0.1) is 5.41 Å². The zero-order valence-corrected chi connectivity index (χ0v) is 18.1. The van der Waals surface area contributed by atoms with E-state index in [0.717, 1.165) is 5.56 Å². The van der Waals surface area contributed by atoms with Gasteiger partial charge in [0.1, 0.15) is 9.75 Å². The summed E-state index contributed by atoms with van der Waals surface area (Å²) in [5.41, 5.74) is 0.567. The van der Waals surface area contributed by atoms with Crippen molar-refractivity contribution in [3.05, 3.63) is 65.7 Å². The van der Waals surface area contributed by atoms with Crippen molar-refractivity contribution in [3.63, 3.8) is 0 Å². The predicted octanol–water partition coefficient (Wildman–Crippen LogP) is 4.24. The molecule has 2 amide bonds. The molecule has 2 N–H and O–H groups in total. The lowest BCUT2D eigenvalue weighted by Gasteiger charge is -2.16. The number of hydrogen-bond donors (Lipinski definition) is 2. The lowest BCUT2D eigenvalue weighted by molar-refractivity contribution is -0.152. The zero-order valence-electron chi connectivity index (χ0n) is 16.6. The number of hydrogen-bond acceptors (Lipinski definition) is 4. The van der Waals surface area contributed by atoms with Crippen molar-refractivity contribution < 1.29 is 19.1 Å². The van der Waals surface area contributed by atoms with Gasteiger partial charge in [0.15, 0.2) is 6.61 Å². The second-order valence-electron chi connectivity index (χ2n) is 7.49. The van der Waals surface area contributed by atoms with E-state index in [4.69, 9.17) is 27.9 Å². The second-order valence-corrected chi connectivity index (χ2v) is 8.97. The topological polar surface area (TPSA) is 84.5 Å². The Kier molecular flexibility index (Phi) is 6.38. The summed E-state index contributed by atoms with van der Waals surface area (Å²) in [7, 11) is 0. The molecule has 6 nitrogen and oxygen atoms in total. The molecule has 1 fully saturated rings. The summed E-state index contributed by atoms with van der Waals surface area (Å²) in [5.74, 6) is -1.54. The number of esters is 1. The van der Waals surface area contributed by atoms with Crippen molar-refractivity contribution in [1.82, 2.24) is 5.32 Å². The first kappa shape index (κ1) is 22.1. The number of para-hydroxylation sites is 1. The number of ether oxygens (including phenoxy) is 1. The molecule has 2 aromatic carbocycles. The van der Waals surface area contributed by atoms with Crippen LogP contribution in [0.5, 0.6) is 0 Å². The predicted molar refractivity (Wildman–Crippen MR) is 116 cm³/mol. The largest absolute Gasteiger partial charge is 0.455 e. The number of rotatable bonds is 7. The molecule has 0 radical (unpaired) electrons. The van der Waals surface area contributed by atoms with Gasteiger partial charge in [-0.1, -0.05) is 42.5 Å². The maximum absolute atomic E-state index is 12.7. The molecule has 0 bridgehead atoms. The summed E-state index contributed by atoms with van der Waals surface area (Å²) in [5, 5.41) is 5.52. The van der Waals surface area contributed by atoms with E-state index in [-0.39, 0.29) is 18.4 Å². The van der Waals surface area contributed by atoms with Crippen LogP contribution in [0.1, 0.15) is 42.2 Å². The molecule has 158 valence electrons. The minimum atomic E-state index is -1.17. The quantitative estimate of drug-likeness (QED) is 0.489. The molecule has 0 spiro atoms. The maximum Gasteiger partial charge on any atom is 0.315 e. The molecular formula is C22H22Cl2N2O4. The second kappa shape index (κ2) is 8.66. The van der Waals surface area contributed by atoms with Crippen LogP contribution in [0.3, 0.4) is 0 Å². The molecule has 0 saturated heterocycles. The fourth-order valence-electron chi connectivity index (χ4n) is 2.99. The summed E-state index contributed by atoms with van der Waals surface area (Å²) < 4.78 is 3.87. The number of nitrogens with one attached hydrogen (secondary N) is 2. The minimum Gasteiger partial charge on any atom is -0.455 e. The Balaban J connectivity index is 1.60. The average Bonchev–Trinajstić information content (AvgIpc) is 3.25. The lowest BCUT2D eigenvalue weighted by Crippen LogP contribution is -2.29. The summed E-state index contributed by atoms with van der Waals surface area (Å²) in [6.45, 7) is 2.95. The Morgan fingerprint density at radius 3 is 2.30 bits per heavy atom. The summed E-state index contributed by atoms with van der Waals surface area (Å²) >= 11 is 11.9. The molecule has 2 unspecified atom stereocenters. The molecule has 1 aliphatic rings. The van der Waals surface area contributed by atoms with E-state index in [1.165, 1.54) is 0 Å². The van der Waals surface area contributed by atoms with Gasteiger partial charge < -0.3 is 15.4 Å². The number of amides is 2. The molecule has 30 heavy (non-hydrogen) atoms. The van der Waals surface area contributed by atoms with Crippen molar-refractivity contribution in [2.75, 3.05) is 11.9 Å². The third kappa shape index (κ3) is 4.77. The maximum atomic E-state index is 12.7. The number of carbonyl (C=O) groups is 3. The lowest BCUT2D eigenvalue weighted by atomic mass is 10.1. The third-order valence-corrected chi connectivity index (χ3v) is 6.24. The van der Waals surface area contributed by atoms with E-state index in [1.807, 2.05) is 37.3 Å². The zero-order chi connectivity index (χ0) is 21.9. The molecule has 0 heterocycles. The van der Waals surface area contributed by atoms with E-state index in [9.17, 15) is 14.4 Å². The van der Waals surface area contributed by atoms with Gasteiger partial charge in [-0.25, -0.2) is 0 Å². The van der Waals surface area contributed by atoms with Gasteiger partial charge in [0.05, 0.1) is 17.3 Å². The van der Waals surface area contributed by atoms with Gasteiger partial charge in [-0.2, -0.15) is 0 Å². The van der Waals surface area contributed by atoms with E-state index in [1.54, 1.807) is 31.2 Å². The summed E-state index contributed by atoms with van der Waals surface area (Å²) in [6.07, 6.45) is 0.270. The van der Waals surface area contributed by atoms with Crippen molar-refractivity contribution >= 4 is 46.7 Å². The SMILES string of the molecule is CC(NC(=O)c1ccccc1NC(=O)COC(=O)C1(C)CC1(Cl)Cl)c1ccccc1. The smallest absolute Gasteiger partial charge is 0.315 e. The molecule has 1 saturated carbocycles. The van der Waals surface area contributed by atoms with Gasteiger partial charge in [-0.15, -0.1) is 23.2 Å². The van der Waals surface area contributed by atoms with Crippen LogP contribution in [0.4, 0.5) is 5.69 Å². The van der Waals surface area contributed by atoms with Crippen molar-refractivity contribution in [1.29, 1.82) is 0 Å². The Labute approximate surface area is 184 Å². The molecule has 2 aromatic rings. The van der Waals surface area contributed by atoms with Gasteiger partial charge >= 0.3 is 5.97 Å². The third-order valence-electron chi connectivity index (χ3n) is 5.14. The number of carbonyl (C=O) groups excluding carboxylic acids is 3. The Bertz CT molecular complexity index is 965. The Morgan fingerprint density at radius 2 is 1.67 bits per heavy atom. The summed E-state index contributed by atoms with van der Waals surface area (Å²) in [4.78, 5) is 37.1. The van der Waals surface area contributed by atoms with Crippen molar-refractivity contribution in [2.24, 2.45) is 5.41 Å². The Morgan fingerprint density at radius 1 is 1.07 bits per heavy atom. The Hall–Kier alpha value is -2.57. The highest BCUT2D eigenvalue weighted by Gasteiger charge is 2.69. The van der Waals surface area contributed by atoms with Crippen LogP contribution in [0.25, 0.3) is 0 Å².